The summed E-state index contributed by atoms with van der Waals surface area (Å²) in [5, 5.41) is 17.3. The Bertz CT molecular complexity index is 1440. The first-order valence-corrected chi connectivity index (χ1v) is 14.7. The molecule has 0 spiro atoms. The zero-order valence-electron chi connectivity index (χ0n) is 23.2. The highest BCUT2D eigenvalue weighted by atomic mass is 16.5. The van der Waals surface area contributed by atoms with Crippen molar-refractivity contribution in [3.63, 3.8) is 0 Å². The van der Waals surface area contributed by atoms with Crippen LogP contribution >= 0.6 is 0 Å². The SMILES string of the molecule is O=C(/C=C/c1ccco1)c1ccc(OCc2cn(C3CCCCC3)nn2)cc1OCc1cn(C2CCCCC2)nn1. The molecule has 0 bridgehead atoms. The van der Waals surface area contributed by atoms with Crippen molar-refractivity contribution < 1.29 is 18.7 Å². The molecular formula is C31H36N6O4. The van der Waals surface area contributed by atoms with Crippen LogP contribution in [0.25, 0.3) is 6.08 Å². The molecule has 0 aliphatic heterocycles. The van der Waals surface area contributed by atoms with Gasteiger partial charge < -0.3 is 13.9 Å². The van der Waals surface area contributed by atoms with Gasteiger partial charge in [0.15, 0.2) is 5.78 Å². The van der Waals surface area contributed by atoms with Crippen LogP contribution in [-0.2, 0) is 13.2 Å². The summed E-state index contributed by atoms with van der Waals surface area (Å²) >= 11 is 0. The maximum atomic E-state index is 13.1. The molecule has 2 saturated carbocycles. The molecule has 0 N–H and O–H groups in total. The number of benzene rings is 1. The first-order chi connectivity index (χ1) is 20.2. The predicted octanol–water partition coefficient (Wildman–Crippen LogP) is 6.53. The maximum absolute atomic E-state index is 13.1. The molecule has 0 atom stereocenters. The molecule has 2 aliphatic rings. The highest BCUT2D eigenvalue weighted by Gasteiger charge is 2.19. The minimum Gasteiger partial charge on any atom is -0.487 e. The summed E-state index contributed by atoms with van der Waals surface area (Å²) in [6.45, 7) is 0.460. The summed E-state index contributed by atoms with van der Waals surface area (Å²) in [6.07, 6.45) is 20.6. The largest absolute Gasteiger partial charge is 0.487 e. The van der Waals surface area contributed by atoms with E-state index in [9.17, 15) is 4.79 Å². The number of rotatable bonds is 11. The van der Waals surface area contributed by atoms with Gasteiger partial charge in [-0.1, -0.05) is 49.0 Å². The van der Waals surface area contributed by atoms with Gasteiger partial charge in [-0.2, -0.15) is 0 Å². The smallest absolute Gasteiger partial charge is 0.189 e. The second-order valence-electron chi connectivity index (χ2n) is 10.9. The number of furan rings is 1. The van der Waals surface area contributed by atoms with E-state index in [0.29, 0.717) is 40.6 Å². The molecule has 3 aromatic heterocycles. The Morgan fingerprint density at radius 3 is 2.10 bits per heavy atom. The van der Waals surface area contributed by atoms with Gasteiger partial charge in [-0.15, -0.1) is 10.2 Å². The Labute approximate surface area is 239 Å². The molecule has 1 aromatic carbocycles. The quantitative estimate of drug-likeness (QED) is 0.152. The Morgan fingerprint density at radius 2 is 1.49 bits per heavy atom. The van der Waals surface area contributed by atoms with Crippen LogP contribution in [0.5, 0.6) is 11.5 Å². The van der Waals surface area contributed by atoms with E-state index in [-0.39, 0.29) is 19.0 Å². The molecule has 0 amide bonds. The van der Waals surface area contributed by atoms with Gasteiger partial charge in [-0.05, 0) is 62.1 Å². The minimum absolute atomic E-state index is 0.189. The van der Waals surface area contributed by atoms with Crippen molar-refractivity contribution in [1.29, 1.82) is 0 Å². The van der Waals surface area contributed by atoms with Crippen molar-refractivity contribution in [3.8, 4) is 11.5 Å². The topological polar surface area (TPSA) is 110 Å². The molecule has 10 heteroatoms. The third kappa shape index (κ3) is 6.93. The molecule has 0 radical (unpaired) electrons. The van der Waals surface area contributed by atoms with Crippen LogP contribution in [0.2, 0.25) is 0 Å². The van der Waals surface area contributed by atoms with Gasteiger partial charge in [0, 0.05) is 6.07 Å². The van der Waals surface area contributed by atoms with Crippen molar-refractivity contribution in [2.75, 3.05) is 0 Å². The standard InChI is InChI=1S/C31H36N6O4/c38-30(16-14-27-12-7-17-39-27)29-15-13-28(40-21-23-19-36(34-32-23)25-8-3-1-4-9-25)18-31(29)41-22-24-20-37(35-33-24)26-10-5-2-6-11-26/h7,12-20,25-26H,1-6,8-11,21-22H2/b16-14+. The first-order valence-electron chi connectivity index (χ1n) is 14.7. The van der Waals surface area contributed by atoms with Crippen molar-refractivity contribution in [2.45, 2.75) is 89.5 Å². The fraction of sp³-hybridized carbons (Fsp3) is 0.452. The predicted molar refractivity (Wildman–Crippen MR) is 151 cm³/mol. The fourth-order valence-electron chi connectivity index (χ4n) is 5.67. The summed E-state index contributed by atoms with van der Waals surface area (Å²) in [4.78, 5) is 13.1. The molecule has 4 aromatic rings. The second-order valence-corrected chi connectivity index (χ2v) is 10.9. The normalized spacial score (nSPS) is 16.8. The van der Waals surface area contributed by atoms with Crippen LogP contribution in [0.15, 0.2) is 59.5 Å². The molecule has 0 saturated heterocycles. The molecule has 3 heterocycles. The summed E-state index contributed by atoms with van der Waals surface area (Å²) in [7, 11) is 0. The van der Waals surface area contributed by atoms with Gasteiger partial charge in [0.2, 0.25) is 0 Å². The number of carbonyl (C=O) groups is 1. The zero-order valence-corrected chi connectivity index (χ0v) is 23.2. The van der Waals surface area contributed by atoms with E-state index < -0.39 is 0 Å². The van der Waals surface area contributed by atoms with Crippen molar-refractivity contribution >= 4 is 11.9 Å². The van der Waals surface area contributed by atoms with E-state index in [4.69, 9.17) is 13.9 Å². The van der Waals surface area contributed by atoms with E-state index in [1.807, 2.05) is 21.8 Å². The summed E-state index contributed by atoms with van der Waals surface area (Å²) < 4.78 is 21.4. The Kier molecular flexibility index (Phi) is 8.54. The number of ether oxygens (including phenoxy) is 2. The Hall–Kier alpha value is -4.21. The van der Waals surface area contributed by atoms with Crippen LogP contribution < -0.4 is 9.47 Å². The number of carbonyl (C=O) groups excluding carboxylic acids is 1. The van der Waals surface area contributed by atoms with E-state index in [1.54, 1.807) is 42.7 Å². The number of hydrogen-bond acceptors (Lipinski definition) is 8. The first kappa shape index (κ1) is 27.0. The number of allylic oxidation sites excluding steroid dienone is 1. The number of ketones is 1. The fourth-order valence-corrected chi connectivity index (χ4v) is 5.67. The number of aromatic nitrogens is 6. The van der Waals surface area contributed by atoms with Crippen LogP contribution in [0.3, 0.4) is 0 Å². The molecular weight excluding hydrogens is 520 g/mol. The molecule has 2 fully saturated rings. The lowest BCUT2D eigenvalue weighted by atomic mass is 9.96. The minimum atomic E-state index is -0.204. The van der Waals surface area contributed by atoms with Gasteiger partial charge >= 0.3 is 0 Å². The number of hydrogen-bond donors (Lipinski definition) is 0. The molecule has 214 valence electrons. The summed E-state index contributed by atoms with van der Waals surface area (Å²) in [5.74, 6) is 1.38. The van der Waals surface area contributed by atoms with Gasteiger partial charge in [-0.3, -0.25) is 4.79 Å². The van der Waals surface area contributed by atoms with Gasteiger partial charge in [0.1, 0.15) is 41.9 Å². The van der Waals surface area contributed by atoms with Crippen LogP contribution in [0, 0.1) is 0 Å². The van der Waals surface area contributed by atoms with E-state index in [2.05, 4.69) is 20.6 Å². The van der Waals surface area contributed by atoms with Crippen molar-refractivity contribution in [3.05, 3.63) is 77.8 Å². The van der Waals surface area contributed by atoms with Gasteiger partial charge in [-0.25, -0.2) is 9.36 Å². The molecule has 6 rings (SSSR count). The summed E-state index contributed by atoms with van der Waals surface area (Å²) in [5.41, 5.74) is 1.90. The van der Waals surface area contributed by atoms with E-state index in [1.165, 1.54) is 44.6 Å². The molecule has 0 unspecified atom stereocenters. The van der Waals surface area contributed by atoms with Crippen LogP contribution in [0.4, 0.5) is 0 Å². The highest BCUT2D eigenvalue weighted by Crippen LogP contribution is 2.30. The lowest BCUT2D eigenvalue weighted by molar-refractivity contribution is 0.104. The monoisotopic (exact) mass is 556 g/mol. The van der Waals surface area contributed by atoms with E-state index in [0.717, 1.165) is 31.4 Å². The number of nitrogens with zero attached hydrogens (tertiary/aromatic N) is 6. The van der Waals surface area contributed by atoms with Crippen molar-refractivity contribution in [1.82, 2.24) is 30.0 Å². The lowest BCUT2D eigenvalue weighted by Crippen LogP contribution is -2.13. The molecule has 10 nitrogen and oxygen atoms in total. The third-order valence-corrected chi connectivity index (χ3v) is 7.94. The average Bonchev–Trinajstić information content (AvgIpc) is 3.82. The second kappa shape index (κ2) is 13.0. The van der Waals surface area contributed by atoms with Crippen LogP contribution in [-0.4, -0.2) is 35.8 Å². The lowest BCUT2D eigenvalue weighted by Gasteiger charge is -2.20. The molecule has 2 aliphatic carbocycles. The average molecular weight is 557 g/mol. The Balaban J connectivity index is 1.15. The molecule has 41 heavy (non-hydrogen) atoms. The summed E-state index contributed by atoms with van der Waals surface area (Å²) in [6, 6.07) is 9.60. The van der Waals surface area contributed by atoms with Crippen LogP contribution in [0.1, 0.15) is 104 Å². The van der Waals surface area contributed by atoms with Gasteiger partial charge in [0.25, 0.3) is 0 Å². The van der Waals surface area contributed by atoms with E-state index >= 15 is 0 Å². The third-order valence-electron chi connectivity index (χ3n) is 7.94. The maximum Gasteiger partial charge on any atom is 0.189 e. The zero-order chi connectivity index (χ0) is 27.9. The van der Waals surface area contributed by atoms with Gasteiger partial charge in [0.05, 0.1) is 36.3 Å². The highest BCUT2D eigenvalue weighted by molar-refractivity contribution is 6.08. The Morgan fingerprint density at radius 1 is 0.854 bits per heavy atom. The van der Waals surface area contributed by atoms with Crippen molar-refractivity contribution in [2.24, 2.45) is 0 Å².